The van der Waals surface area contributed by atoms with Crippen molar-refractivity contribution in [2.75, 3.05) is 0 Å². The number of aryl methyl sites for hydroxylation is 1. The van der Waals surface area contributed by atoms with Gasteiger partial charge in [0.1, 0.15) is 0 Å². The Kier molecular flexibility index (Phi) is 3.74. The van der Waals surface area contributed by atoms with Crippen LogP contribution in [0.5, 0.6) is 0 Å². The first-order valence-corrected chi connectivity index (χ1v) is 6.71. The molecule has 0 saturated heterocycles. The van der Waals surface area contributed by atoms with E-state index in [-0.39, 0.29) is 0 Å². The number of pyridine rings is 1. The monoisotopic (exact) mass is 247 g/mol. The maximum atomic E-state index is 4.65. The third-order valence-electron chi connectivity index (χ3n) is 2.82. The van der Waals surface area contributed by atoms with E-state index in [4.69, 9.17) is 0 Å². The van der Waals surface area contributed by atoms with E-state index in [0.717, 1.165) is 16.9 Å². The lowest BCUT2D eigenvalue weighted by molar-refractivity contribution is 0.508. The summed E-state index contributed by atoms with van der Waals surface area (Å²) in [5, 5.41) is 2.15. The highest BCUT2D eigenvalue weighted by atomic mass is 32.1. The first-order valence-electron chi connectivity index (χ1n) is 5.83. The van der Waals surface area contributed by atoms with Gasteiger partial charge >= 0.3 is 0 Å². The number of hydrogen-bond acceptors (Lipinski definition) is 3. The summed E-state index contributed by atoms with van der Waals surface area (Å²) >= 11 is 1.68. The topological polar surface area (TPSA) is 30.2 Å². The minimum Gasteiger partial charge on any atom is -0.318 e. The van der Waals surface area contributed by atoms with E-state index in [9.17, 15) is 0 Å². The molecule has 4 heteroatoms. The van der Waals surface area contributed by atoms with Crippen LogP contribution in [0.4, 0.5) is 5.69 Å². The van der Waals surface area contributed by atoms with Crippen molar-refractivity contribution in [1.82, 2.24) is 9.55 Å². The third kappa shape index (κ3) is 2.64. The van der Waals surface area contributed by atoms with E-state index < -0.39 is 0 Å². The molecule has 0 N–H and O–H groups in total. The highest BCUT2D eigenvalue weighted by Crippen LogP contribution is 2.14. The summed E-state index contributed by atoms with van der Waals surface area (Å²) in [4.78, 5) is 9.78. The summed E-state index contributed by atoms with van der Waals surface area (Å²) in [5.74, 6) is 0. The van der Waals surface area contributed by atoms with Gasteiger partial charge in [0.15, 0.2) is 4.80 Å². The maximum Gasteiger partial charge on any atom is 0.190 e. The Hall–Kier alpha value is -1.42. The molecule has 0 aromatic carbocycles. The van der Waals surface area contributed by atoms with Gasteiger partial charge in [0.05, 0.1) is 11.9 Å². The van der Waals surface area contributed by atoms with Crippen molar-refractivity contribution in [2.45, 2.75) is 33.2 Å². The summed E-state index contributed by atoms with van der Waals surface area (Å²) in [6.45, 7) is 6.55. The van der Waals surface area contributed by atoms with Gasteiger partial charge in [-0.2, -0.15) is 0 Å². The maximum absolute atomic E-state index is 4.65. The molecular formula is C13H17N3S. The van der Waals surface area contributed by atoms with Gasteiger partial charge in [0.25, 0.3) is 0 Å². The zero-order valence-electron chi connectivity index (χ0n) is 10.4. The largest absolute Gasteiger partial charge is 0.318 e. The molecule has 2 aromatic rings. The van der Waals surface area contributed by atoms with Gasteiger partial charge in [-0.05, 0) is 32.4 Å². The average Bonchev–Trinajstić information content (AvgIpc) is 2.71. The molecule has 2 rings (SSSR count). The van der Waals surface area contributed by atoms with Crippen molar-refractivity contribution in [3.63, 3.8) is 0 Å². The van der Waals surface area contributed by atoms with Crippen LogP contribution in [0.25, 0.3) is 0 Å². The van der Waals surface area contributed by atoms with Crippen LogP contribution >= 0.6 is 11.3 Å². The summed E-state index contributed by atoms with van der Waals surface area (Å²) in [6.07, 6.45) is 4.66. The van der Waals surface area contributed by atoms with Gasteiger partial charge < -0.3 is 4.57 Å². The summed E-state index contributed by atoms with van der Waals surface area (Å²) < 4.78 is 2.29. The van der Waals surface area contributed by atoms with Gasteiger partial charge in [-0.25, -0.2) is 4.99 Å². The molecule has 1 atom stereocenters. The number of thiazole rings is 1. The molecule has 0 bridgehead atoms. The van der Waals surface area contributed by atoms with Crippen LogP contribution in [-0.4, -0.2) is 9.55 Å². The number of nitrogens with zero attached hydrogens (tertiary/aromatic N) is 3. The molecule has 17 heavy (non-hydrogen) atoms. The second-order valence-electron chi connectivity index (χ2n) is 4.11. The smallest absolute Gasteiger partial charge is 0.190 e. The second kappa shape index (κ2) is 5.27. The van der Waals surface area contributed by atoms with Gasteiger partial charge in [0, 0.05) is 23.3 Å². The fraction of sp³-hybridized carbons (Fsp3) is 0.385. The zero-order chi connectivity index (χ0) is 12.3. The zero-order valence-corrected chi connectivity index (χ0v) is 11.2. The predicted octanol–water partition coefficient (Wildman–Crippen LogP) is 3.46. The van der Waals surface area contributed by atoms with Crippen LogP contribution in [0.1, 0.15) is 32.0 Å². The average molecular weight is 247 g/mol. The van der Waals surface area contributed by atoms with Gasteiger partial charge in [0.2, 0.25) is 0 Å². The Bertz CT molecular complexity index is 539. The predicted molar refractivity (Wildman–Crippen MR) is 71.5 cm³/mol. The highest BCUT2D eigenvalue weighted by molar-refractivity contribution is 7.07. The first-order chi connectivity index (χ1) is 8.22. The molecule has 0 aliphatic heterocycles. The van der Waals surface area contributed by atoms with E-state index in [1.807, 2.05) is 12.1 Å². The Morgan fingerprint density at radius 2 is 2.35 bits per heavy atom. The minimum atomic E-state index is 0.483. The molecule has 0 amide bonds. The molecule has 0 saturated carbocycles. The van der Waals surface area contributed by atoms with E-state index in [2.05, 4.69) is 40.7 Å². The lowest BCUT2D eigenvalue weighted by Gasteiger charge is -2.12. The first kappa shape index (κ1) is 12.0. The fourth-order valence-corrected chi connectivity index (χ4v) is 2.72. The lowest BCUT2D eigenvalue weighted by Crippen LogP contribution is -2.19. The standard InChI is InChI=1S/C13H17N3S/c1-4-10(2)16-11(3)9-17-13(16)15-12-6-5-7-14-8-12/h5-10H,4H2,1-3H3. The molecule has 90 valence electrons. The van der Waals surface area contributed by atoms with Crippen LogP contribution in [0.3, 0.4) is 0 Å². The van der Waals surface area contributed by atoms with Crippen molar-refractivity contribution >= 4 is 17.0 Å². The van der Waals surface area contributed by atoms with Crippen molar-refractivity contribution in [3.8, 4) is 0 Å². The van der Waals surface area contributed by atoms with E-state index in [0.29, 0.717) is 6.04 Å². The minimum absolute atomic E-state index is 0.483. The molecule has 3 nitrogen and oxygen atoms in total. The van der Waals surface area contributed by atoms with Crippen LogP contribution in [0.15, 0.2) is 34.9 Å². The van der Waals surface area contributed by atoms with Crippen LogP contribution in [-0.2, 0) is 0 Å². The molecule has 1 unspecified atom stereocenters. The van der Waals surface area contributed by atoms with Gasteiger partial charge in [-0.1, -0.05) is 6.92 Å². The van der Waals surface area contributed by atoms with E-state index >= 15 is 0 Å². The van der Waals surface area contributed by atoms with Crippen LogP contribution in [0.2, 0.25) is 0 Å². The van der Waals surface area contributed by atoms with Crippen molar-refractivity contribution in [1.29, 1.82) is 0 Å². The van der Waals surface area contributed by atoms with E-state index in [1.54, 1.807) is 23.7 Å². The van der Waals surface area contributed by atoms with E-state index in [1.165, 1.54) is 5.69 Å². The Balaban J connectivity index is 2.50. The Labute approximate surface area is 105 Å². The molecule has 0 aliphatic carbocycles. The molecular weight excluding hydrogens is 230 g/mol. The Morgan fingerprint density at radius 3 is 3.00 bits per heavy atom. The van der Waals surface area contributed by atoms with Crippen molar-refractivity contribution in [3.05, 3.63) is 40.4 Å². The Morgan fingerprint density at radius 1 is 1.53 bits per heavy atom. The quantitative estimate of drug-likeness (QED) is 0.817. The fourth-order valence-electron chi connectivity index (χ4n) is 1.73. The lowest BCUT2D eigenvalue weighted by atomic mass is 10.2. The van der Waals surface area contributed by atoms with Crippen molar-refractivity contribution < 1.29 is 0 Å². The molecule has 0 fully saturated rings. The number of aromatic nitrogens is 2. The van der Waals surface area contributed by atoms with Crippen molar-refractivity contribution in [2.24, 2.45) is 4.99 Å². The number of hydrogen-bond donors (Lipinski definition) is 0. The van der Waals surface area contributed by atoms with Gasteiger partial charge in [-0.3, -0.25) is 4.98 Å². The second-order valence-corrected chi connectivity index (χ2v) is 4.95. The summed E-state index contributed by atoms with van der Waals surface area (Å²) in [5.41, 5.74) is 2.18. The van der Waals surface area contributed by atoms with Gasteiger partial charge in [-0.15, -0.1) is 11.3 Å². The summed E-state index contributed by atoms with van der Waals surface area (Å²) in [6, 6.07) is 4.37. The SMILES string of the molecule is CCC(C)n1c(C)csc1=Nc1cccnc1. The third-order valence-corrected chi connectivity index (χ3v) is 3.78. The van der Waals surface area contributed by atoms with Crippen LogP contribution in [0, 0.1) is 6.92 Å². The molecule has 0 aliphatic rings. The number of rotatable bonds is 3. The summed E-state index contributed by atoms with van der Waals surface area (Å²) in [7, 11) is 0. The normalized spacial score (nSPS) is 13.9. The molecule has 2 heterocycles. The molecule has 0 radical (unpaired) electrons. The molecule has 0 spiro atoms. The van der Waals surface area contributed by atoms with Crippen LogP contribution < -0.4 is 4.80 Å². The molecule has 2 aromatic heterocycles. The highest BCUT2D eigenvalue weighted by Gasteiger charge is 2.07.